The first-order chi connectivity index (χ1) is 30.9. The summed E-state index contributed by atoms with van der Waals surface area (Å²) in [6.45, 7) is 4.58. The molecule has 5 aromatic rings. The predicted octanol–water partition coefficient (Wildman–Crippen LogP) is 5.34. The Morgan fingerprint density at radius 3 is 1.92 bits per heavy atom. The Bertz CT molecular complexity index is 2620. The van der Waals surface area contributed by atoms with Crippen LogP contribution in [0, 0.1) is 0 Å². The van der Waals surface area contributed by atoms with Gasteiger partial charge in [0.15, 0.2) is 0 Å². The molecule has 18 nitrogen and oxygen atoms in total. The Morgan fingerprint density at radius 1 is 0.846 bits per heavy atom. The van der Waals surface area contributed by atoms with Crippen LogP contribution in [0.25, 0.3) is 17.0 Å². The molecule has 0 spiro atoms. The van der Waals surface area contributed by atoms with E-state index < -0.39 is 58.6 Å². The molecule has 6 rings (SSSR count). The maximum absolute atomic E-state index is 15.9. The molecule has 0 aliphatic heterocycles. The molecule has 4 N–H and O–H groups in total. The second kappa shape index (κ2) is 21.2. The molecule has 65 heavy (non-hydrogen) atoms. The summed E-state index contributed by atoms with van der Waals surface area (Å²) in [5, 5.41) is 24.7. The summed E-state index contributed by atoms with van der Waals surface area (Å²) in [6.07, 6.45) is 2.25. The number of methoxy groups -OCH3 is 3. The smallest absolute Gasteiger partial charge is 0.404 e. The third-order valence-electron chi connectivity index (χ3n) is 10.4. The van der Waals surface area contributed by atoms with Crippen LogP contribution < -0.4 is 29.0 Å². The zero-order valence-corrected chi connectivity index (χ0v) is 39.4. The van der Waals surface area contributed by atoms with Gasteiger partial charge in [0.25, 0.3) is 0 Å². The molecule has 0 radical (unpaired) electrons. The van der Waals surface area contributed by atoms with Crippen molar-refractivity contribution in [2.75, 3.05) is 34.4 Å². The molecule has 1 aliphatic rings. The van der Waals surface area contributed by atoms with Gasteiger partial charge in [0.05, 0.1) is 39.5 Å². The number of carboxylic acid groups (broad SMARTS) is 1. The van der Waals surface area contributed by atoms with E-state index in [2.05, 4.69) is 25.1 Å². The third kappa shape index (κ3) is 12.4. The number of hydrogen-bond acceptors (Lipinski definition) is 13. The van der Waals surface area contributed by atoms with Gasteiger partial charge < -0.3 is 29.2 Å². The summed E-state index contributed by atoms with van der Waals surface area (Å²) < 4.78 is 96.4. The maximum atomic E-state index is 15.9. The van der Waals surface area contributed by atoms with E-state index in [0.717, 1.165) is 5.56 Å². The number of rotatable bonds is 20. The van der Waals surface area contributed by atoms with Gasteiger partial charge in [-0.15, -0.1) is 14.9 Å². The lowest BCUT2D eigenvalue weighted by Crippen LogP contribution is -2.44. The van der Waals surface area contributed by atoms with Gasteiger partial charge >= 0.3 is 6.09 Å². The average Bonchev–Trinajstić information content (AvgIpc) is 3.75. The molecule has 0 fully saturated rings. The number of tetrazole rings is 1. The van der Waals surface area contributed by atoms with Crippen molar-refractivity contribution in [2.45, 2.75) is 80.2 Å². The molecule has 1 unspecified atom stereocenters. The molecule has 21 heteroatoms. The van der Waals surface area contributed by atoms with Crippen molar-refractivity contribution in [1.82, 2.24) is 39.3 Å². The van der Waals surface area contributed by atoms with Crippen molar-refractivity contribution in [3.63, 3.8) is 0 Å². The third-order valence-corrected chi connectivity index (χ3v) is 15.6. The number of hydrogen-bond donors (Lipinski definition) is 4. The highest BCUT2D eigenvalue weighted by Gasteiger charge is 2.39. The molecule has 4 aromatic carbocycles. The van der Waals surface area contributed by atoms with Crippen molar-refractivity contribution in [3.8, 4) is 28.6 Å². The van der Waals surface area contributed by atoms with Crippen molar-refractivity contribution < 1.29 is 45.5 Å². The molecule has 1 heterocycles. The van der Waals surface area contributed by atoms with Crippen molar-refractivity contribution in [1.29, 1.82) is 0 Å². The Labute approximate surface area is 382 Å². The Balaban J connectivity index is 1.61. The summed E-state index contributed by atoms with van der Waals surface area (Å²) in [5.41, 5.74) is 2.79. The second-order valence-electron chi connectivity index (χ2n) is 16.1. The highest BCUT2D eigenvalue weighted by molar-refractivity contribution is 7.92. The van der Waals surface area contributed by atoms with E-state index in [0.29, 0.717) is 58.8 Å². The molecule has 0 bridgehead atoms. The van der Waals surface area contributed by atoms with Crippen molar-refractivity contribution >= 4 is 43.1 Å². The summed E-state index contributed by atoms with van der Waals surface area (Å²) in [4.78, 5) is 11.3. The Kier molecular flexibility index (Phi) is 15.9. The zero-order valence-electron chi connectivity index (χ0n) is 37.0. The SMILES string of the molecule is COc1ccc(CN(Cc2ccc(OC)cc2)S(=O)(=O)c2c(S(=O)(=O)NCCNC(=O)O)ccc(C3=CC(N[S@@+]([O-])C(C)(C)C)CCC3)c2-c2nnn(Cc3ccc(OC)cc3)n2)cc1. The van der Waals surface area contributed by atoms with Gasteiger partial charge in [0.2, 0.25) is 25.9 Å². The first-order valence-electron chi connectivity index (χ1n) is 20.6. The fraction of sp³-hybridized carbons (Fsp3) is 0.364. The van der Waals surface area contributed by atoms with Crippen molar-refractivity contribution in [2.24, 2.45) is 0 Å². The van der Waals surface area contributed by atoms with E-state index in [1.165, 1.54) is 35.5 Å². The number of nitrogens with zero attached hydrogens (tertiary/aromatic N) is 5. The topological polar surface area (TPSA) is 239 Å². The van der Waals surface area contributed by atoms with Crippen molar-refractivity contribution in [3.05, 3.63) is 113 Å². The van der Waals surface area contributed by atoms with E-state index in [9.17, 15) is 22.9 Å². The highest BCUT2D eigenvalue weighted by atomic mass is 32.2. The Hall–Kier alpha value is -5.55. The predicted molar refractivity (Wildman–Crippen MR) is 246 cm³/mol. The van der Waals surface area contributed by atoms with Crippen LogP contribution >= 0.6 is 0 Å². The van der Waals surface area contributed by atoms with E-state index in [1.54, 1.807) is 67.8 Å². The normalized spacial score (nSPS) is 15.0. The minimum Gasteiger partial charge on any atom is -0.598 e. The number of aromatic nitrogens is 4. The van der Waals surface area contributed by atoms with E-state index >= 15 is 8.42 Å². The second-order valence-corrected chi connectivity index (χ2v) is 21.7. The molecule has 348 valence electrons. The quantitative estimate of drug-likeness (QED) is 0.0570. The van der Waals surface area contributed by atoms with Gasteiger partial charge in [-0.1, -0.05) is 48.5 Å². The van der Waals surface area contributed by atoms with Crippen LogP contribution in [0.15, 0.2) is 101 Å². The fourth-order valence-corrected chi connectivity index (χ4v) is 11.3. The van der Waals surface area contributed by atoms with Crippen LogP contribution in [0.1, 0.15) is 62.3 Å². The van der Waals surface area contributed by atoms with Crippen LogP contribution in [-0.2, 0) is 51.0 Å². The van der Waals surface area contributed by atoms with Gasteiger partial charge in [0.1, 0.15) is 31.8 Å². The number of nitrogens with one attached hydrogen (secondary N) is 3. The Morgan fingerprint density at radius 2 is 1.40 bits per heavy atom. The average molecular weight is 951 g/mol. The van der Waals surface area contributed by atoms with Gasteiger partial charge in [-0.3, -0.25) is 0 Å². The van der Waals surface area contributed by atoms with Gasteiger partial charge in [-0.25, -0.2) is 26.4 Å². The number of allylic oxidation sites excluding steroid dienone is 1. The first-order valence-corrected chi connectivity index (χ1v) is 24.7. The largest absolute Gasteiger partial charge is 0.598 e. The summed E-state index contributed by atoms with van der Waals surface area (Å²) in [7, 11) is -5.05. The highest BCUT2D eigenvalue weighted by Crippen LogP contribution is 2.42. The van der Waals surface area contributed by atoms with E-state index in [4.69, 9.17) is 19.3 Å². The lowest BCUT2D eigenvalue weighted by atomic mass is 9.88. The lowest BCUT2D eigenvalue weighted by molar-refractivity contribution is 0.194. The van der Waals surface area contributed by atoms with Crippen LogP contribution in [0.5, 0.6) is 17.2 Å². The molecule has 1 amide bonds. The fourth-order valence-electron chi connectivity index (χ4n) is 7.04. The lowest BCUT2D eigenvalue weighted by Gasteiger charge is -2.30. The van der Waals surface area contributed by atoms with E-state index in [1.807, 2.05) is 39.0 Å². The van der Waals surface area contributed by atoms with Crippen LogP contribution in [0.3, 0.4) is 0 Å². The number of sulfonamides is 2. The molecule has 0 saturated carbocycles. The zero-order chi connectivity index (χ0) is 46.9. The summed E-state index contributed by atoms with van der Waals surface area (Å²) >= 11 is -1.45. The van der Waals surface area contributed by atoms with Gasteiger partial charge in [0, 0.05) is 37.5 Å². The number of carbonyl (C=O) groups is 1. The molecule has 0 saturated heterocycles. The van der Waals surface area contributed by atoms with Crippen LogP contribution in [-0.4, -0.2) is 102 Å². The molecule has 1 aromatic heterocycles. The van der Waals surface area contributed by atoms with Gasteiger partial charge in [-0.05, 0) is 116 Å². The number of ether oxygens (including phenoxy) is 3. The molecule has 2 atom stereocenters. The van der Waals surface area contributed by atoms with Crippen LogP contribution in [0.4, 0.5) is 4.79 Å². The first kappa shape index (κ1) is 48.9. The number of benzene rings is 4. The molecule has 1 aliphatic carbocycles. The minimum atomic E-state index is -4.92. The summed E-state index contributed by atoms with van der Waals surface area (Å²) in [6, 6.07) is 23.2. The summed E-state index contributed by atoms with van der Waals surface area (Å²) in [5.74, 6) is 1.57. The standard InChI is InChI=1S/C44H54N8O10S3/c1-44(2,3)63(55)49-34-9-7-8-33(26-34)38-22-23-39(64(56,57)46-25-24-45-43(53)54)41(40(38)42-47-50-52(48-42)29-32-14-20-37(62-6)21-15-32)65(58,59)51(27-30-10-16-35(60-4)17-11-30)28-31-12-18-36(61-5)19-13-31/h10-23,26,34,45-46,49H,7-9,24-25,27-29H2,1-6H3,(H,53,54)/t34?,63-/m0/s1. The monoisotopic (exact) mass is 950 g/mol. The van der Waals surface area contributed by atoms with Crippen LogP contribution in [0.2, 0.25) is 0 Å². The molecular weight excluding hydrogens is 897 g/mol. The molecular formula is C44H54N8O10S3. The van der Waals surface area contributed by atoms with Gasteiger partial charge in [-0.2, -0.15) is 9.10 Å². The van der Waals surface area contributed by atoms with E-state index in [-0.39, 0.29) is 43.6 Å². The number of amides is 1. The minimum absolute atomic E-state index is 0.115. The maximum Gasteiger partial charge on any atom is 0.404 e.